The number of hydrogen-bond donors (Lipinski definition) is 1. The largest absolute Gasteiger partial charge is 0.496 e. The van der Waals surface area contributed by atoms with E-state index in [1.807, 2.05) is 59.4 Å². The molecule has 4 aromatic rings. The van der Waals surface area contributed by atoms with Crippen LogP contribution < -0.4 is 10.1 Å². The third-order valence-corrected chi connectivity index (χ3v) is 4.28. The number of nitrogens with zero attached hydrogens (tertiary/aromatic N) is 2. The monoisotopic (exact) mass is 333 g/mol. The van der Waals surface area contributed by atoms with Crippen molar-refractivity contribution in [3.05, 3.63) is 90.1 Å². The van der Waals surface area contributed by atoms with Gasteiger partial charge in [-0.2, -0.15) is 5.10 Å². The van der Waals surface area contributed by atoms with Gasteiger partial charge < -0.3 is 9.15 Å². The molecule has 0 saturated carbocycles. The lowest BCUT2D eigenvalue weighted by Gasteiger charge is -2.19. The molecule has 0 bridgehead atoms. The highest BCUT2D eigenvalue weighted by Gasteiger charge is 2.20. The van der Waals surface area contributed by atoms with E-state index < -0.39 is 0 Å². The maximum atomic E-state index is 5.67. The van der Waals surface area contributed by atoms with Crippen molar-refractivity contribution in [1.82, 2.24) is 14.9 Å². The lowest BCUT2D eigenvalue weighted by Crippen LogP contribution is -2.22. The smallest absolute Gasteiger partial charge is 0.125 e. The summed E-state index contributed by atoms with van der Waals surface area (Å²) in [6, 6.07) is 17.8. The Labute approximate surface area is 145 Å². The summed E-state index contributed by atoms with van der Waals surface area (Å²) in [4.78, 5) is 0. The van der Waals surface area contributed by atoms with E-state index >= 15 is 0 Å². The molecular formula is C20H19N3O2. The summed E-state index contributed by atoms with van der Waals surface area (Å²) < 4.78 is 13.1. The molecule has 0 fully saturated rings. The molecule has 3 heterocycles. The van der Waals surface area contributed by atoms with E-state index in [0.29, 0.717) is 6.54 Å². The van der Waals surface area contributed by atoms with Crippen LogP contribution in [-0.2, 0) is 6.54 Å². The number of hydrogen-bond acceptors (Lipinski definition) is 4. The lowest BCUT2D eigenvalue weighted by molar-refractivity contribution is 0.392. The average molecular weight is 333 g/mol. The second-order valence-corrected chi connectivity index (χ2v) is 5.77. The summed E-state index contributed by atoms with van der Waals surface area (Å²) in [5.41, 5.74) is 3.26. The SMILES string of the molecule is COc1ccccc1[C@H](NCc1cnn2ccccc12)c1ccco1. The van der Waals surface area contributed by atoms with Gasteiger partial charge in [-0.05, 0) is 30.3 Å². The van der Waals surface area contributed by atoms with E-state index in [-0.39, 0.29) is 6.04 Å². The van der Waals surface area contributed by atoms with E-state index in [4.69, 9.17) is 9.15 Å². The second kappa shape index (κ2) is 6.83. The number of rotatable bonds is 6. The molecule has 0 spiro atoms. The van der Waals surface area contributed by atoms with Gasteiger partial charge in [0.25, 0.3) is 0 Å². The summed E-state index contributed by atoms with van der Waals surface area (Å²) in [5, 5.41) is 7.97. The Balaban J connectivity index is 1.65. The molecule has 0 amide bonds. The van der Waals surface area contributed by atoms with Crippen molar-refractivity contribution < 1.29 is 9.15 Å². The number of methoxy groups -OCH3 is 1. The highest BCUT2D eigenvalue weighted by atomic mass is 16.5. The van der Waals surface area contributed by atoms with Crippen LogP contribution in [0, 0.1) is 0 Å². The summed E-state index contributed by atoms with van der Waals surface area (Å²) in [5.74, 6) is 1.68. The van der Waals surface area contributed by atoms with Crippen LogP contribution >= 0.6 is 0 Å². The Bertz CT molecular complexity index is 960. The molecule has 0 saturated heterocycles. The Morgan fingerprint density at radius 3 is 2.84 bits per heavy atom. The zero-order valence-corrected chi connectivity index (χ0v) is 13.9. The number of aromatic nitrogens is 2. The Kier molecular flexibility index (Phi) is 4.23. The van der Waals surface area contributed by atoms with Crippen LogP contribution in [0.1, 0.15) is 22.9 Å². The molecule has 0 unspecified atom stereocenters. The van der Waals surface area contributed by atoms with Gasteiger partial charge in [0, 0.05) is 23.9 Å². The molecule has 25 heavy (non-hydrogen) atoms. The number of nitrogens with one attached hydrogen (secondary N) is 1. The first-order valence-corrected chi connectivity index (χ1v) is 8.18. The minimum absolute atomic E-state index is 0.107. The van der Waals surface area contributed by atoms with Crippen molar-refractivity contribution in [3.8, 4) is 5.75 Å². The topological polar surface area (TPSA) is 51.7 Å². The molecule has 1 N–H and O–H groups in total. The number of benzene rings is 1. The average Bonchev–Trinajstić information content (AvgIpc) is 3.33. The third-order valence-electron chi connectivity index (χ3n) is 4.28. The fourth-order valence-corrected chi connectivity index (χ4v) is 3.06. The van der Waals surface area contributed by atoms with Crippen molar-refractivity contribution in [2.75, 3.05) is 7.11 Å². The van der Waals surface area contributed by atoms with E-state index in [2.05, 4.69) is 22.5 Å². The molecule has 0 aliphatic carbocycles. The van der Waals surface area contributed by atoms with Gasteiger partial charge in [-0.3, -0.25) is 5.32 Å². The van der Waals surface area contributed by atoms with Crippen LogP contribution in [0.25, 0.3) is 5.52 Å². The van der Waals surface area contributed by atoms with Gasteiger partial charge in [-0.25, -0.2) is 4.52 Å². The van der Waals surface area contributed by atoms with Gasteiger partial charge in [0.05, 0.1) is 31.1 Å². The fourth-order valence-electron chi connectivity index (χ4n) is 3.06. The van der Waals surface area contributed by atoms with Crippen LogP contribution in [0.5, 0.6) is 5.75 Å². The van der Waals surface area contributed by atoms with Gasteiger partial charge in [-0.1, -0.05) is 24.3 Å². The Morgan fingerprint density at radius 1 is 1.12 bits per heavy atom. The van der Waals surface area contributed by atoms with E-state index in [9.17, 15) is 0 Å². The standard InChI is InChI=1S/C20H19N3O2/c1-24-18-9-3-2-7-16(18)20(19-10-6-12-25-19)21-13-15-14-22-23-11-5-4-8-17(15)23/h2-12,14,20-21H,13H2,1H3/t20-/m0/s1. The van der Waals surface area contributed by atoms with Crippen LogP contribution in [0.4, 0.5) is 0 Å². The summed E-state index contributed by atoms with van der Waals surface area (Å²) in [6.45, 7) is 0.664. The molecule has 1 atom stereocenters. The first kappa shape index (κ1) is 15.5. The minimum Gasteiger partial charge on any atom is -0.496 e. The van der Waals surface area contributed by atoms with Crippen molar-refractivity contribution >= 4 is 5.52 Å². The molecule has 126 valence electrons. The number of para-hydroxylation sites is 1. The molecule has 1 aromatic carbocycles. The lowest BCUT2D eigenvalue weighted by atomic mass is 10.0. The second-order valence-electron chi connectivity index (χ2n) is 5.77. The highest BCUT2D eigenvalue weighted by molar-refractivity contribution is 5.53. The number of fused-ring (bicyclic) bond motifs is 1. The molecule has 4 rings (SSSR count). The summed E-state index contributed by atoms with van der Waals surface area (Å²) in [6.07, 6.45) is 5.53. The normalized spacial score (nSPS) is 12.4. The first-order valence-electron chi connectivity index (χ1n) is 8.18. The molecule has 5 nitrogen and oxygen atoms in total. The maximum Gasteiger partial charge on any atom is 0.125 e. The highest BCUT2D eigenvalue weighted by Crippen LogP contribution is 2.30. The van der Waals surface area contributed by atoms with Crippen molar-refractivity contribution in [2.45, 2.75) is 12.6 Å². The summed E-state index contributed by atoms with van der Waals surface area (Å²) in [7, 11) is 1.68. The first-order chi connectivity index (χ1) is 12.4. The predicted molar refractivity (Wildman–Crippen MR) is 95.6 cm³/mol. The Hall–Kier alpha value is -3.05. The molecular weight excluding hydrogens is 314 g/mol. The zero-order valence-electron chi connectivity index (χ0n) is 13.9. The van der Waals surface area contributed by atoms with Crippen LogP contribution in [0.3, 0.4) is 0 Å². The molecule has 0 radical (unpaired) electrons. The quantitative estimate of drug-likeness (QED) is 0.583. The van der Waals surface area contributed by atoms with Crippen LogP contribution in [0.15, 0.2) is 77.7 Å². The van der Waals surface area contributed by atoms with Crippen LogP contribution in [0.2, 0.25) is 0 Å². The Morgan fingerprint density at radius 2 is 2.00 bits per heavy atom. The van der Waals surface area contributed by atoms with E-state index in [0.717, 1.165) is 28.2 Å². The van der Waals surface area contributed by atoms with Gasteiger partial charge >= 0.3 is 0 Å². The maximum absolute atomic E-state index is 5.67. The fraction of sp³-hybridized carbons (Fsp3) is 0.150. The van der Waals surface area contributed by atoms with Gasteiger partial charge in [0.2, 0.25) is 0 Å². The molecule has 0 aliphatic heterocycles. The molecule has 5 heteroatoms. The van der Waals surface area contributed by atoms with Gasteiger partial charge in [-0.15, -0.1) is 0 Å². The van der Waals surface area contributed by atoms with E-state index in [1.54, 1.807) is 13.4 Å². The molecule has 0 aliphatic rings. The van der Waals surface area contributed by atoms with Crippen molar-refractivity contribution in [2.24, 2.45) is 0 Å². The van der Waals surface area contributed by atoms with Crippen LogP contribution in [-0.4, -0.2) is 16.7 Å². The van der Waals surface area contributed by atoms with Crippen molar-refractivity contribution in [3.63, 3.8) is 0 Å². The van der Waals surface area contributed by atoms with Gasteiger partial charge in [0.15, 0.2) is 0 Å². The molecule has 3 aromatic heterocycles. The third kappa shape index (κ3) is 3.02. The van der Waals surface area contributed by atoms with Gasteiger partial charge in [0.1, 0.15) is 11.5 Å². The number of pyridine rings is 1. The summed E-state index contributed by atoms with van der Waals surface area (Å²) >= 11 is 0. The van der Waals surface area contributed by atoms with E-state index in [1.165, 1.54) is 0 Å². The number of furan rings is 1. The minimum atomic E-state index is -0.107. The van der Waals surface area contributed by atoms with Crippen molar-refractivity contribution in [1.29, 1.82) is 0 Å². The predicted octanol–water partition coefficient (Wildman–Crippen LogP) is 3.82. The number of ether oxygens (including phenoxy) is 1. The zero-order chi connectivity index (χ0) is 17.1.